The molecule has 2 aromatic carbocycles. The zero-order valence-electron chi connectivity index (χ0n) is 18.3. The van der Waals surface area contributed by atoms with E-state index in [1.165, 1.54) is 0 Å². The number of hydrogen-bond acceptors (Lipinski definition) is 5. The fourth-order valence-corrected chi connectivity index (χ4v) is 3.12. The van der Waals surface area contributed by atoms with E-state index in [1.54, 1.807) is 12.1 Å². The summed E-state index contributed by atoms with van der Waals surface area (Å²) in [5.74, 6) is -0.606. The molecule has 1 amide bonds. The van der Waals surface area contributed by atoms with Gasteiger partial charge in [0.2, 0.25) is 5.69 Å². The van der Waals surface area contributed by atoms with Gasteiger partial charge >= 0.3 is 5.69 Å². The van der Waals surface area contributed by atoms with Gasteiger partial charge in [0.1, 0.15) is 0 Å². The van der Waals surface area contributed by atoms with Gasteiger partial charge in [-0.05, 0) is 45.6 Å². The van der Waals surface area contributed by atoms with Crippen molar-refractivity contribution in [2.24, 2.45) is 0 Å². The van der Waals surface area contributed by atoms with E-state index in [1.807, 2.05) is 69.2 Å². The third-order valence-corrected chi connectivity index (χ3v) is 4.82. The van der Waals surface area contributed by atoms with E-state index in [4.69, 9.17) is 0 Å². The van der Waals surface area contributed by atoms with E-state index in [9.17, 15) is 14.4 Å². The smallest absolute Gasteiger partial charge is 0.349 e. The van der Waals surface area contributed by atoms with Crippen LogP contribution in [-0.2, 0) is 6.54 Å². The second-order valence-corrected chi connectivity index (χ2v) is 7.82. The van der Waals surface area contributed by atoms with Crippen LogP contribution in [0.4, 0.5) is 0 Å². The molecule has 0 saturated carbocycles. The monoisotopic (exact) mass is 421 g/mol. The minimum atomic E-state index is -0.711. The van der Waals surface area contributed by atoms with E-state index in [2.05, 4.69) is 10.4 Å². The first-order valence-corrected chi connectivity index (χ1v) is 10.1. The third kappa shape index (κ3) is 5.35. The molecule has 1 heterocycles. The van der Waals surface area contributed by atoms with Crippen LogP contribution in [0, 0.1) is 13.8 Å². The number of carbonyl (C=O) groups excluding carboxylic acids is 1. The molecule has 3 rings (SSSR count). The van der Waals surface area contributed by atoms with E-state index in [0.29, 0.717) is 18.8 Å². The van der Waals surface area contributed by atoms with Crippen LogP contribution in [0.2, 0.25) is 0 Å². The summed E-state index contributed by atoms with van der Waals surface area (Å²) in [6, 6.07) is 14.7. The van der Waals surface area contributed by atoms with Crippen molar-refractivity contribution in [3.8, 4) is 5.69 Å². The van der Waals surface area contributed by atoms with Gasteiger partial charge in [-0.25, -0.2) is 4.79 Å². The minimum absolute atomic E-state index is 0.0473. The molecule has 0 aliphatic rings. The van der Waals surface area contributed by atoms with Crippen LogP contribution in [0.5, 0.6) is 0 Å². The highest BCUT2D eigenvalue weighted by molar-refractivity contribution is 5.91. The quantitative estimate of drug-likeness (QED) is 0.622. The Bertz CT molecular complexity index is 1190. The van der Waals surface area contributed by atoms with Crippen LogP contribution >= 0.6 is 0 Å². The Labute approximate surface area is 180 Å². The Balaban J connectivity index is 2.10. The predicted molar refractivity (Wildman–Crippen MR) is 120 cm³/mol. The number of rotatable bonds is 7. The highest BCUT2D eigenvalue weighted by Crippen LogP contribution is 2.07. The maximum atomic E-state index is 13.2. The average molecular weight is 422 g/mol. The van der Waals surface area contributed by atoms with Crippen molar-refractivity contribution in [2.75, 3.05) is 27.2 Å². The van der Waals surface area contributed by atoms with Gasteiger partial charge in [-0.2, -0.15) is 9.78 Å². The molecule has 162 valence electrons. The Morgan fingerprint density at radius 1 is 1.03 bits per heavy atom. The molecule has 0 atom stereocenters. The number of amides is 1. The SMILES string of the molecule is Cc1ccc(-n2nc(C(=O)NCCN(C)C)c(=O)n(Cc3cccc(C)c3)c2=O)cc1. The molecule has 0 spiro atoms. The van der Waals surface area contributed by atoms with Gasteiger partial charge < -0.3 is 10.2 Å². The molecule has 0 unspecified atom stereocenters. The highest BCUT2D eigenvalue weighted by atomic mass is 16.2. The normalized spacial score (nSPS) is 11.0. The zero-order chi connectivity index (χ0) is 22.5. The number of hydrogen-bond donors (Lipinski definition) is 1. The van der Waals surface area contributed by atoms with Crippen LogP contribution in [0.3, 0.4) is 0 Å². The number of carbonyl (C=O) groups is 1. The summed E-state index contributed by atoms with van der Waals surface area (Å²) >= 11 is 0. The van der Waals surface area contributed by atoms with E-state index in [0.717, 1.165) is 25.9 Å². The summed E-state index contributed by atoms with van der Waals surface area (Å²) in [5, 5.41) is 6.84. The van der Waals surface area contributed by atoms with Crippen LogP contribution in [-0.4, -0.2) is 52.3 Å². The molecule has 0 saturated heterocycles. The average Bonchev–Trinajstić information content (AvgIpc) is 2.72. The summed E-state index contributed by atoms with van der Waals surface area (Å²) in [5.41, 5.74) is 1.69. The van der Waals surface area contributed by atoms with E-state index in [-0.39, 0.29) is 12.2 Å². The third-order valence-electron chi connectivity index (χ3n) is 4.82. The molecule has 3 aromatic rings. The maximum Gasteiger partial charge on any atom is 0.352 e. The van der Waals surface area contributed by atoms with Crippen molar-refractivity contribution in [3.63, 3.8) is 0 Å². The molecule has 31 heavy (non-hydrogen) atoms. The number of benzene rings is 2. The summed E-state index contributed by atoms with van der Waals surface area (Å²) < 4.78 is 2.17. The van der Waals surface area contributed by atoms with Crippen molar-refractivity contribution >= 4 is 5.91 Å². The van der Waals surface area contributed by atoms with Gasteiger partial charge in [0.25, 0.3) is 11.5 Å². The van der Waals surface area contributed by atoms with E-state index >= 15 is 0 Å². The largest absolute Gasteiger partial charge is 0.352 e. The van der Waals surface area contributed by atoms with Crippen molar-refractivity contribution in [1.29, 1.82) is 0 Å². The van der Waals surface area contributed by atoms with Gasteiger partial charge in [-0.1, -0.05) is 47.5 Å². The lowest BCUT2D eigenvalue weighted by Crippen LogP contribution is -2.46. The van der Waals surface area contributed by atoms with Crippen molar-refractivity contribution in [1.82, 2.24) is 24.6 Å². The second-order valence-electron chi connectivity index (χ2n) is 7.82. The van der Waals surface area contributed by atoms with Gasteiger partial charge in [-0.3, -0.25) is 14.2 Å². The summed E-state index contributed by atoms with van der Waals surface area (Å²) in [4.78, 5) is 40.9. The first kappa shape index (κ1) is 22.2. The molecule has 0 fully saturated rings. The van der Waals surface area contributed by atoms with Crippen LogP contribution in [0.25, 0.3) is 5.69 Å². The number of aryl methyl sites for hydroxylation is 2. The first-order valence-electron chi connectivity index (χ1n) is 10.1. The predicted octanol–water partition coefficient (Wildman–Crippen LogP) is 1.35. The fraction of sp³-hybridized carbons (Fsp3) is 0.304. The molecular formula is C23H27N5O3. The van der Waals surface area contributed by atoms with Gasteiger partial charge in [0.15, 0.2) is 0 Å². The maximum absolute atomic E-state index is 13.2. The van der Waals surface area contributed by atoms with Gasteiger partial charge in [-0.15, -0.1) is 0 Å². The van der Waals surface area contributed by atoms with Crippen LogP contribution < -0.4 is 16.6 Å². The molecule has 0 bridgehead atoms. The Kier molecular flexibility index (Phi) is 6.81. The Morgan fingerprint density at radius 2 is 1.74 bits per heavy atom. The summed E-state index contributed by atoms with van der Waals surface area (Å²) in [7, 11) is 3.77. The lowest BCUT2D eigenvalue weighted by Gasteiger charge is -2.13. The topological polar surface area (TPSA) is 89.2 Å². The molecular weight excluding hydrogens is 394 g/mol. The van der Waals surface area contributed by atoms with Crippen LogP contribution in [0.15, 0.2) is 58.1 Å². The van der Waals surface area contributed by atoms with E-state index < -0.39 is 17.2 Å². The Morgan fingerprint density at radius 3 is 2.39 bits per heavy atom. The standard InChI is InChI=1S/C23H27N5O3/c1-16-8-10-19(11-9-16)28-23(31)27(15-18-7-5-6-17(2)14-18)22(30)20(25-28)21(29)24-12-13-26(3)4/h5-11,14H,12-13,15H2,1-4H3,(H,24,29). The van der Waals surface area contributed by atoms with Crippen molar-refractivity contribution in [2.45, 2.75) is 20.4 Å². The zero-order valence-corrected chi connectivity index (χ0v) is 18.3. The van der Waals surface area contributed by atoms with Gasteiger partial charge in [0.05, 0.1) is 12.2 Å². The van der Waals surface area contributed by atoms with Gasteiger partial charge in [0, 0.05) is 13.1 Å². The minimum Gasteiger partial charge on any atom is -0.349 e. The summed E-state index contributed by atoms with van der Waals surface area (Å²) in [6.07, 6.45) is 0. The number of likely N-dealkylation sites (N-methyl/N-ethyl adjacent to an activating group) is 1. The molecule has 1 N–H and O–H groups in total. The fourth-order valence-electron chi connectivity index (χ4n) is 3.12. The Hall–Kier alpha value is -3.52. The molecule has 0 aliphatic heterocycles. The second kappa shape index (κ2) is 9.53. The molecule has 0 radical (unpaired) electrons. The molecule has 8 nitrogen and oxygen atoms in total. The van der Waals surface area contributed by atoms with Crippen molar-refractivity contribution < 1.29 is 4.79 Å². The lowest BCUT2D eigenvalue weighted by atomic mass is 10.1. The summed E-state index contributed by atoms with van der Waals surface area (Å²) in [6.45, 7) is 4.89. The number of nitrogens with one attached hydrogen (secondary N) is 1. The molecule has 0 aliphatic carbocycles. The molecule has 1 aromatic heterocycles. The number of aromatic nitrogens is 3. The lowest BCUT2D eigenvalue weighted by molar-refractivity contribution is 0.0941. The number of nitrogens with zero attached hydrogens (tertiary/aromatic N) is 4. The first-order chi connectivity index (χ1) is 14.8. The van der Waals surface area contributed by atoms with Crippen LogP contribution in [0.1, 0.15) is 27.2 Å². The highest BCUT2D eigenvalue weighted by Gasteiger charge is 2.20. The van der Waals surface area contributed by atoms with Crippen molar-refractivity contribution in [3.05, 3.63) is 91.8 Å². The molecule has 8 heteroatoms.